The van der Waals surface area contributed by atoms with E-state index in [9.17, 15) is 8.42 Å². The molecule has 2 rings (SSSR count). The van der Waals surface area contributed by atoms with Crippen molar-refractivity contribution in [1.82, 2.24) is 5.32 Å². The van der Waals surface area contributed by atoms with E-state index in [0.29, 0.717) is 16.4 Å². The molecule has 2 aromatic rings. The van der Waals surface area contributed by atoms with Crippen LogP contribution >= 0.6 is 11.3 Å². The molecular weight excluding hydrogens is 292 g/mol. The largest absolute Gasteiger partial charge is 0.316 e. The first-order valence-electron chi connectivity index (χ1n) is 6.23. The predicted octanol–water partition coefficient (Wildman–Crippen LogP) is 2.60. The van der Waals surface area contributed by atoms with E-state index in [1.165, 1.54) is 15.6 Å². The summed E-state index contributed by atoms with van der Waals surface area (Å²) < 4.78 is 26.8. The number of nitrogens with one attached hydrogen (secondary N) is 1. The van der Waals surface area contributed by atoms with Gasteiger partial charge in [-0.2, -0.15) is 0 Å². The first-order valence-corrected chi connectivity index (χ1v) is 8.54. The van der Waals surface area contributed by atoms with Gasteiger partial charge in [-0.3, -0.25) is 4.31 Å². The van der Waals surface area contributed by atoms with Crippen LogP contribution in [-0.4, -0.2) is 22.5 Å². The average molecular weight is 310 g/mol. The van der Waals surface area contributed by atoms with Crippen molar-refractivity contribution in [2.75, 3.05) is 18.4 Å². The van der Waals surface area contributed by atoms with Gasteiger partial charge < -0.3 is 5.32 Å². The van der Waals surface area contributed by atoms with Crippen LogP contribution < -0.4 is 9.62 Å². The van der Waals surface area contributed by atoms with Gasteiger partial charge in [0, 0.05) is 13.6 Å². The molecule has 1 aromatic carbocycles. The lowest BCUT2D eigenvalue weighted by molar-refractivity contribution is 0.596. The molecule has 0 unspecified atom stereocenters. The fourth-order valence-electron chi connectivity index (χ4n) is 1.81. The summed E-state index contributed by atoms with van der Waals surface area (Å²) in [6.45, 7) is 2.64. The van der Waals surface area contributed by atoms with Gasteiger partial charge in [0.15, 0.2) is 0 Å². The number of anilines is 1. The Morgan fingerprint density at radius 3 is 2.50 bits per heavy atom. The van der Waals surface area contributed by atoms with Crippen molar-refractivity contribution in [2.45, 2.75) is 17.7 Å². The fraction of sp³-hybridized carbons (Fsp3) is 0.286. The molecule has 0 aliphatic carbocycles. The molecule has 1 N–H and O–H groups in total. The molecule has 0 atom stereocenters. The van der Waals surface area contributed by atoms with Crippen LogP contribution in [0.1, 0.15) is 11.1 Å². The second kappa shape index (κ2) is 5.95. The molecule has 0 bridgehead atoms. The number of thiophene rings is 1. The SMILES string of the molecule is CNCc1csc(S(=O)(=O)N(C)c2ccc(C)cc2)c1. The molecule has 20 heavy (non-hydrogen) atoms. The lowest BCUT2D eigenvalue weighted by Gasteiger charge is -2.18. The molecule has 0 aliphatic rings. The minimum Gasteiger partial charge on any atom is -0.316 e. The zero-order chi connectivity index (χ0) is 14.8. The Kier molecular flexibility index (Phi) is 4.47. The van der Waals surface area contributed by atoms with E-state index in [1.807, 2.05) is 43.6 Å². The zero-order valence-electron chi connectivity index (χ0n) is 11.8. The molecule has 1 aromatic heterocycles. The maximum absolute atomic E-state index is 12.6. The lowest BCUT2D eigenvalue weighted by Crippen LogP contribution is -2.25. The molecule has 0 radical (unpaired) electrons. The minimum atomic E-state index is -3.48. The van der Waals surface area contributed by atoms with Crippen LogP contribution in [0, 0.1) is 6.92 Å². The number of hydrogen-bond acceptors (Lipinski definition) is 4. The number of rotatable bonds is 5. The summed E-state index contributed by atoms with van der Waals surface area (Å²) in [4.78, 5) is 0. The minimum absolute atomic E-state index is 0.367. The molecule has 0 spiro atoms. The summed E-state index contributed by atoms with van der Waals surface area (Å²) in [6.07, 6.45) is 0. The highest BCUT2D eigenvalue weighted by molar-refractivity contribution is 7.94. The predicted molar refractivity (Wildman–Crippen MR) is 83.9 cm³/mol. The van der Waals surface area contributed by atoms with Gasteiger partial charge in [0.05, 0.1) is 5.69 Å². The van der Waals surface area contributed by atoms with E-state index in [0.717, 1.165) is 11.1 Å². The lowest BCUT2D eigenvalue weighted by atomic mass is 10.2. The quantitative estimate of drug-likeness (QED) is 0.923. The monoisotopic (exact) mass is 310 g/mol. The summed E-state index contributed by atoms with van der Waals surface area (Å²) in [5.74, 6) is 0. The molecule has 0 aliphatic heterocycles. The summed E-state index contributed by atoms with van der Waals surface area (Å²) >= 11 is 1.25. The summed E-state index contributed by atoms with van der Waals surface area (Å²) in [5.41, 5.74) is 2.75. The number of aryl methyl sites for hydroxylation is 1. The van der Waals surface area contributed by atoms with E-state index >= 15 is 0 Å². The van der Waals surface area contributed by atoms with Crippen molar-refractivity contribution in [3.8, 4) is 0 Å². The third kappa shape index (κ3) is 3.03. The van der Waals surface area contributed by atoms with Crippen LogP contribution in [0.25, 0.3) is 0 Å². The van der Waals surface area contributed by atoms with E-state index in [1.54, 1.807) is 13.1 Å². The van der Waals surface area contributed by atoms with Gasteiger partial charge in [0.25, 0.3) is 10.0 Å². The van der Waals surface area contributed by atoms with Gasteiger partial charge in [0.1, 0.15) is 4.21 Å². The summed E-state index contributed by atoms with van der Waals surface area (Å²) in [7, 11) is -0.0599. The van der Waals surface area contributed by atoms with Crippen molar-refractivity contribution in [2.24, 2.45) is 0 Å². The van der Waals surface area contributed by atoms with Gasteiger partial charge in [-0.25, -0.2) is 8.42 Å². The fourth-order valence-corrected chi connectivity index (χ4v) is 4.39. The average Bonchev–Trinajstić information content (AvgIpc) is 2.88. The normalized spacial score (nSPS) is 11.6. The molecule has 6 heteroatoms. The smallest absolute Gasteiger partial charge is 0.273 e. The Labute approximate surface area is 124 Å². The molecule has 0 amide bonds. The summed E-state index contributed by atoms with van der Waals surface area (Å²) in [5, 5.41) is 4.88. The van der Waals surface area contributed by atoms with Crippen molar-refractivity contribution >= 4 is 27.0 Å². The maximum atomic E-state index is 12.6. The second-order valence-corrected chi connectivity index (χ2v) is 7.72. The van der Waals surface area contributed by atoms with Gasteiger partial charge >= 0.3 is 0 Å². The summed E-state index contributed by atoms with van der Waals surface area (Å²) in [6, 6.07) is 9.16. The Morgan fingerprint density at radius 1 is 1.25 bits per heavy atom. The molecule has 0 saturated carbocycles. The van der Waals surface area contributed by atoms with Gasteiger partial charge in [-0.1, -0.05) is 17.7 Å². The number of hydrogen-bond donors (Lipinski definition) is 1. The molecule has 0 fully saturated rings. The van der Waals surface area contributed by atoms with Crippen LogP contribution in [0.4, 0.5) is 5.69 Å². The molecule has 0 saturated heterocycles. The van der Waals surface area contributed by atoms with Gasteiger partial charge in [-0.15, -0.1) is 11.3 Å². The maximum Gasteiger partial charge on any atom is 0.273 e. The Bertz CT molecular complexity index is 675. The zero-order valence-corrected chi connectivity index (χ0v) is 13.4. The number of benzene rings is 1. The Balaban J connectivity index is 2.30. The van der Waals surface area contributed by atoms with Crippen LogP contribution in [0.2, 0.25) is 0 Å². The standard InChI is InChI=1S/C14H18N2O2S2/c1-11-4-6-13(7-5-11)16(3)20(17,18)14-8-12(9-15-2)10-19-14/h4-8,10,15H,9H2,1-3H3. The van der Waals surface area contributed by atoms with Gasteiger partial charge in [-0.05, 0) is 43.1 Å². The second-order valence-electron chi connectivity index (χ2n) is 4.61. The van der Waals surface area contributed by atoms with E-state index in [4.69, 9.17) is 0 Å². The number of sulfonamides is 1. The van der Waals surface area contributed by atoms with E-state index in [-0.39, 0.29) is 0 Å². The van der Waals surface area contributed by atoms with Crippen LogP contribution in [0.15, 0.2) is 39.9 Å². The Morgan fingerprint density at radius 2 is 1.90 bits per heavy atom. The van der Waals surface area contributed by atoms with Crippen LogP contribution in [0.5, 0.6) is 0 Å². The molecule has 1 heterocycles. The molecule has 4 nitrogen and oxygen atoms in total. The Hall–Kier alpha value is -1.37. The number of nitrogens with zero attached hydrogens (tertiary/aromatic N) is 1. The van der Waals surface area contributed by atoms with Crippen molar-refractivity contribution < 1.29 is 8.42 Å². The van der Waals surface area contributed by atoms with E-state index in [2.05, 4.69) is 5.32 Å². The molecule has 108 valence electrons. The highest BCUT2D eigenvalue weighted by atomic mass is 32.2. The van der Waals surface area contributed by atoms with Crippen molar-refractivity contribution in [1.29, 1.82) is 0 Å². The molecular formula is C14H18N2O2S2. The van der Waals surface area contributed by atoms with Crippen molar-refractivity contribution in [3.05, 3.63) is 46.8 Å². The van der Waals surface area contributed by atoms with Crippen LogP contribution in [0.3, 0.4) is 0 Å². The first kappa shape index (κ1) is 15.0. The topological polar surface area (TPSA) is 49.4 Å². The van der Waals surface area contributed by atoms with Gasteiger partial charge in [0.2, 0.25) is 0 Å². The highest BCUT2D eigenvalue weighted by Gasteiger charge is 2.23. The third-order valence-electron chi connectivity index (χ3n) is 3.02. The highest BCUT2D eigenvalue weighted by Crippen LogP contribution is 2.27. The first-order chi connectivity index (χ1) is 9.45. The van der Waals surface area contributed by atoms with Crippen LogP contribution in [-0.2, 0) is 16.6 Å². The third-order valence-corrected chi connectivity index (χ3v) is 6.27. The van der Waals surface area contributed by atoms with E-state index < -0.39 is 10.0 Å². The van der Waals surface area contributed by atoms with Crippen molar-refractivity contribution in [3.63, 3.8) is 0 Å².